The normalized spacial score (nSPS) is 25.2. The van der Waals surface area contributed by atoms with Gasteiger partial charge < -0.3 is 11.1 Å². The van der Waals surface area contributed by atoms with E-state index in [9.17, 15) is 0 Å². The number of hydrogen-bond donors (Lipinski definition) is 2. The number of nitrogens with two attached hydrogens (primary N) is 1. The molecule has 0 aliphatic carbocycles. The van der Waals surface area contributed by atoms with E-state index in [1.807, 2.05) is 0 Å². The second-order valence-electron chi connectivity index (χ2n) is 3.40. The van der Waals surface area contributed by atoms with E-state index >= 15 is 0 Å². The highest BCUT2D eigenvalue weighted by Gasteiger charge is 2.10. The highest BCUT2D eigenvalue weighted by atomic mass is 15.0. The van der Waals surface area contributed by atoms with E-state index in [1.54, 1.807) is 0 Å². The van der Waals surface area contributed by atoms with E-state index in [2.05, 4.69) is 10.6 Å². The van der Waals surface area contributed by atoms with Crippen LogP contribution >= 0.6 is 0 Å². The lowest BCUT2D eigenvalue weighted by Gasteiger charge is -2.12. The van der Waals surface area contributed by atoms with Crippen LogP contribution in [-0.2, 0) is 0 Å². The lowest BCUT2D eigenvalue weighted by Crippen LogP contribution is -2.30. The van der Waals surface area contributed by atoms with Crippen LogP contribution in [0.3, 0.4) is 0 Å². The molecular formula is C9H20N3. The Labute approximate surface area is 75.1 Å². The smallest absolute Gasteiger partial charge is 0.0370 e. The van der Waals surface area contributed by atoms with Crippen LogP contribution in [0.4, 0.5) is 0 Å². The zero-order valence-corrected chi connectivity index (χ0v) is 7.76. The topological polar surface area (TPSA) is 52.1 Å². The van der Waals surface area contributed by atoms with Crippen LogP contribution in [0.5, 0.6) is 0 Å². The highest BCUT2D eigenvalue weighted by molar-refractivity contribution is 4.72. The van der Waals surface area contributed by atoms with Gasteiger partial charge in [0.1, 0.15) is 0 Å². The van der Waals surface area contributed by atoms with Gasteiger partial charge in [0.2, 0.25) is 0 Å². The minimum absolute atomic E-state index is 0.555. The monoisotopic (exact) mass is 170 g/mol. The average molecular weight is 170 g/mol. The summed E-state index contributed by atoms with van der Waals surface area (Å²) in [6, 6.07) is 0.555. The summed E-state index contributed by atoms with van der Waals surface area (Å²) in [7, 11) is 0. The Morgan fingerprint density at radius 2 is 2.33 bits per heavy atom. The predicted molar refractivity (Wildman–Crippen MR) is 51.2 cm³/mol. The van der Waals surface area contributed by atoms with Gasteiger partial charge in [0.05, 0.1) is 0 Å². The van der Waals surface area contributed by atoms with Crippen LogP contribution in [0, 0.1) is 0 Å². The average Bonchev–Trinajstić information content (AvgIpc) is 2.33. The largest absolute Gasteiger partial charge is 0.330 e. The summed E-state index contributed by atoms with van der Waals surface area (Å²) >= 11 is 0. The summed E-state index contributed by atoms with van der Waals surface area (Å²) in [5, 5.41) is 7.99. The van der Waals surface area contributed by atoms with Gasteiger partial charge in [0, 0.05) is 19.1 Å². The van der Waals surface area contributed by atoms with Crippen LogP contribution < -0.4 is 16.4 Å². The van der Waals surface area contributed by atoms with Gasteiger partial charge in [-0.25, -0.2) is 5.32 Å². The zero-order valence-electron chi connectivity index (χ0n) is 7.76. The van der Waals surface area contributed by atoms with Crippen molar-refractivity contribution in [1.29, 1.82) is 0 Å². The van der Waals surface area contributed by atoms with Gasteiger partial charge in [-0.05, 0) is 32.4 Å². The molecule has 1 aliphatic heterocycles. The Bertz CT molecular complexity index is 97.9. The van der Waals surface area contributed by atoms with Gasteiger partial charge in [0.15, 0.2) is 0 Å². The van der Waals surface area contributed by atoms with E-state index in [0.717, 1.165) is 32.6 Å². The third-order valence-corrected chi connectivity index (χ3v) is 2.27. The summed E-state index contributed by atoms with van der Waals surface area (Å²) in [4.78, 5) is 0. The summed E-state index contributed by atoms with van der Waals surface area (Å²) in [5.41, 5.74) is 5.43. The van der Waals surface area contributed by atoms with Gasteiger partial charge in [-0.3, -0.25) is 0 Å². The van der Waals surface area contributed by atoms with Gasteiger partial charge in [-0.1, -0.05) is 6.42 Å². The van der Waals surface area contributed by atoms with Crippen LogP contribution in [-0.4, -0.2) is 32.2 Å². The van der Waals surface area contributed by atoms with Gasteiger partial charge in [-0.2, -0.15) is 0 Å². The van der Waals surface area contributed by atoms with E-state index in [0.29, 0.717) is 6.04 Å². The molecular weight excluding hydrogens is 150 g/mol. The van der Waals surface area contributed by atoms with Crippen molar-refractivity contribution in [3.63, 3.8) is 0 Å². The van der Waals surface area contributed by atoms with Gasteiger partial charge in [-0.15, -0.1) is 0 Å². The Hall–Kier alpha value is -0.120. The third-order valence-electron chi connectivity index (χ3n) is 2.27. The molecule has 3 nitrogen and oxygen atoms in total. The molecule has 1 unspecified atom stereocenters. The Kier molecular flexibility index (Phi) is 5.32. The Balaban J connectivity index is 2.04. The number of unbranched alkanes of at least 4 members (excludes halogenated alkanes) is 1. The maximum absolute atomic E-state index is 5.43. The van der Waals surface area contributed by atoms with Crippen molar-refractivity contribution in [3.8, 4) is 0 Å². The highest BCUT2D eigenvalue weighted by Crippen LogP contribution is 2.02. The number of nitrogens with one attached hydrogen (secondary N) is 1. The summed E-state index contributed by atoms with van der Waals surface area (Å²) in [6.45, 7) is 4.07. The molecule has 0 aromatic heterocycles. The van der Waals surface area contributed by atoms with Crippen molar-refractivity contribution >= 4 is 0 Å². The van der Waals surface area contributed by atoms with Crippen molar-refractivity contribution < 1.29 is 0 Å². The molecule has 1 heterocycles. The fourth-order valence-corrected chi connectivity index (χ4v) is 1.53. The first-order valence-electron chi connectivity index (χ1n) is 5.01. The molecule has 0 bridgehead atoms. The van der Waals surface area contributed by atoms with Crippen LogP contribution in [0.2, 0.25) is 0 Å². The Morgan fingerprint density at radius 1 is 1.42 bits per heavy atom. The maximum Gasteiger partial charge on any atom is 0.0370 e. The first-order valence-corrected chi connectivity index (χ1v) is 5.01. The maximum atomic E-state index is 5.43. The minimum Gasteiger partial charge on any atom is -0.330 e. The summed E-state index contributed by atoms with van der Waals surface area (Å²) < 4.78 is 0. The van der Waals surface area contributed by atoms with Crippen LogP contribution in [0.25, 0.3) is 0 Å². The van der Waals surface area contributed by atoms with E-state index in [-0.39, 0.29) is 0 Å². The second-order valence-corrected chi connectivity index (χ2v) is 3.40. The summed E-state index contributed by atoms with van der Waals surface area (Å²) in [5.74, 6) is 0. The molecule has 1 saturated heterocycles. The van der Waals surface area contributed by atoms with Crippen LogP contribution in [0.15, 0.2) is 0 Å². The molecule has 1 rings (SSSR count). The van der Waals surface area contributed by atoms with Gasteiger partial charge >= 0.3 is 0 Å². The van der Waals surface area contributed by atoms with E-state index in [4.69, 9.17) is 5.73 Å². The predicted octanol–water partition coefficient (Wildman–Crippen LogP) is 0.0817. The minimum atomic E-state index is 0.555. The third kappa shape index (κ3) is 4.04. The quantitative estimate of drug-likeness (QED) is 0.587. The molecule has 3 N–H and O–H groups in total. The standard InChI is InChI=1S/C9H20N3/c10-5-2-1-4-9-8-11-6-3-7-12-9/h9,11H,1-8,10H2. The molecule has 0 aromatic rings. The molecule has 12 heavy (non-hydrogen) atoms. The number of rotatable bonds is 4. The molecule has 0 saturated carbocycles. The van der Waals surface area contributed by atoms with Crippen molar-refractivity contribution in [2.24, 2.45) is 5.73 Å². The van der Waals surface area contributed by atoms with Crippen molar-refractivity contribution in [2.45, 2.75) is 31.7 Å². The van der Waals surface area contributed by atoms with E-state index < -0.39 is 0 Å². The molecule has 0 spiro atoms. The molecule has 1 atom stereocenters. The molecule has 1 aliphatic rings. The van der Waals surface area contributed by atoms with Crippen molar-refractivity contribution in [2.75, 3.05) is 26.2 Å². The fourth-order valence-electron chi connectivity index (χ4n) is 1.53. The number of nitrogens with zero attached hydrogens (tertiary/aromatic N) is 1. The first kappa shape index (κ1) is 9.96. The molecule has 3 heteroatoms. The lowest BCUT2D eigenvalue weighted by molar-refractivity contribution is 0.466. The van der Waals surface area contributed by atoms with Crippen molar-refractivity contribution in [1.82, 2.24) is 10.6 Å². The SMILES string of the molecule is NCCCCC1CNCCC[N]1. The summed E-state index contributed by atoms with van der Waals surface area (Å²) in [6.07, 6.45) is 4.79. The molecule has 1 radical (unpaired) electrons. The zero-order chi connectivity index (χ0) is 8.65. The first-order chi connectivity index (χ1) is 5.93. The van der Waals surface area contributed by atoms with Gasteiger partial charge in [0.25, 0.3) is 0 Å². The Morgan fingerprint density at radius 3 is 3.17 bits per heavy atom. The van der Waals surface area contributed by atoms with E-state index in [1.165, 1.54) is 19.3 Å². The lowest BCUT2D eigenvalue weighted by atomic mass is 10.1. The van der Waals surface area contributed by atoms with Crippen molar-refractivity contribution in [3.05, 3.63) is 0 Å². The molecule has 71 valence electrons. The van der Waals surface area contributed by atoms with Crippen LogP contribution in [0.1, 0.15) is 25.7 Å². The second kappa shape index (κ2) is 6.40. The number of hydrogen-bond acceptors (Lipinski definition) is 2. The molecule has 1 fully saturated rings. The molecule has 0 amide bonds. The molecule has 0 aromatic carbocycles. The fraction of sp³-hybridized carbons (Fsp3) is 1.00.